The molecule has 8 nitrogen and oxygen atoms in total. The summed E-state index contributed by atoms with van der Waals surface area (Å²) in [6.45, 7) is 1.33. The second-order valence-electron chi connectivity index (χ2n) is 8.25. The molecule has 1 aromatic heterocycles. The Balaban J connectivity index is 1.66. The number of nitrogens with one attached hydrogen (secondary N) is 2. The molecule has 3 aromatic rings. The molecule has 0 bridgehead atoms. The first kappa shape index (κ1) is 19.6. The summed E-state index contributed by atoms with van der Waals surface area (Å²) in [5.74, 6) is 1.21. The Morgan fingerprint density at radius 1 is 1.16 bits per heavy atom. The molecule has 2 aliphatic rings. The molecule has 2 fully saturated rings. The third-order valence-electron chi connectivity index (χ3n) is 6.38. The van der Waals surface area contributed by atoms with Crippen molar-refractivity contribution < 1.29 is 14.3 Å². The number of amidine groups is 1. The molecule has 1 spiro atoms. The molecule has 3 heterocycles. The topological polar surface area (TPSA) is 94.5 Å². The fraction of sp³-hybridized carbons (Fsp3) is 0.348. The molecular formula is C23H25N5O3. The number of hydrogen-bond donors (Lipinski definition) is 2. The molecular weight excluding hydrogens is 394 g/mol. The van der Waals surface area contributed by atoms with Crippen LogP contribution in [0.3, 0.4) is 0 Å². The summed E-state index contributed by atoms with van der Waals surface area (Å²) in [5, 5.41) is 9.10. The lowest BCUT2D eigenvalue weighted by Crippen LogP contribution is -2.51. The van der Waals surface area contributed by atoms with Crippen molar-refractivity contribution in [1.82, 2.24) is 14.9 Å². The van der Waals surface area contributed by atoms with Crippen molar-refractivity contribution in [2.75, 3.05) is 39.3 Å². The van der Waals surface area contributed by atoms with Gasteiger partial charge in [0.15, 0.2) is 5.78 Å². The molecule has 31 heavy (non-hydrogen) atoms. The fourth-order valence-electron chi connectivity index (χ4n) is 4.90. The fourth-order valence-corrected chi connectivity index (χ4v) is 4.90. The standard InChI is InChI=1S/C23H25N5O3/c1-27-9-8-23(13-27)20(29)19(22-25-17-6-4-5-7-18(17)26-22)21(24)28(23)14-10-15(30-2)12-16(11-14)31-3/h4-7,10-12,19,24H,8-9,13H2,1-3H3,(H,25,26). The third kappa shape index (κ3) is 2.90. The van der Waals surface area contributed by atoms with Crippen LogP contribution in [-0.2, 0) is 4.79 Å². The smallest absolute Gasteiger partial charge is 0.178 e. The third-order valence-corrected chi connectivity index (χ3v) is 6.38. The first-order valence-electron chi connectivity index (χ1n) is 10.3. The van der Waals surface area contributed by atoms with E-state index in [1.54, 1.807) is 20.3 Å². The van der Waals surface area contributed by atoms with Crippen molar-refractivity contribution in [3.63, 3.8) is 0 Å². The second kappa shape index (κ2) is 7.09. The molecule has 5 rings (SSSR count). The first-order valence-corrected chi connectivity index (χ1v) is 10.3. The van der Waals surface area contributed by atoms with Gasteiger partial charge in [0.2, 0.25) is 0 Å². The number of ketones is 1. The molecule has 0 saturated carbocycles. The average molecular weight is 419 g/mol. The quantitative estimate of drug-likeness (QED) is 0.675. The van der Waals surface area contributed by atoms with E-state index >= 15 is 0 Å². The highest BCUT2D eigenvalue weighted by atomic mass is 16.5. The summed E-state index contributed by atoms with van der Waals surface area (Å²) in [7, 11) is 5.19. The number of methoxy groups -OCH3 is 2. The lowest BCUT2D eigenvalue weighted by molar-refractivity contribution is -0.122. The van der Waals surface area contributed by atoms with E-state index in [0.29, 0.717) is 36.0 Å². The van der Waals surface area contributed by atoms with Crippen molar-refractivity contribution in [2.24, 2.45) is 0 Å². The van der Waals surface area contributed by atoms with E-state index in [1.807, 2.05) is 48.3 Å². The van der Waals surface area contributed by atoms with Crippen molar-refractivity contribution in [3.05, 3.63) is 48.3 Å². The number of aromatic amines is 1. The summed E-state index contributed by atoms with van der Waals surface area (Å²) >= 11 is 0. The number of hydrogen-bond acceptors (Lipinski definition) is 6. The van der Waals surface area contributed by atoms with Crippen molar-refractivity contribution >= 4 is 28.3 Å². The molecule has 160 valence electrons. The minimum Gasteiger partial charge on any atom is -0.497 e. The zero-order chi connectivity index (χ0) is 21.8. The summed E-state index contributed by atoms with van der Waals surface area (Å²) in [4.78, 5) is 25.9. The molecule has 0 amide bonds. The van der Waals surface area contributed by atoms with Gasteiger partial charge in [-0.1, -0.05) is 12.1 Å². The van der Waals surface area contributed by atoms with Gasteiger partial charge in [-0.3, -0.25) is 10.2 Å². The van der Waals surface area contributed by atoms with E-state index in [9.17, 15) is 4.79 Å². The Bertz CT molecular complexity index is 1130. The number of rotatable bonds is 4. The van der Waals surface area contributed by atoms with Gasteiger partial charge in [-0.2, -0.15) is 0 Å². The molecule has 2 N–H and O–H groups in total. The average Bonchev–Trinajstić information content (AvgIpc) is 3.42. The molecule has 0 aliphatic carbocycles. The molecule has 0 radical (unpaired) electrons. The summed E-state index contributed by atoms with van der Waals surface area (Å²) in [6, 6.07) is 13.2. The second-order valence-corrected chi connectivity index (χ2v) is 8.25. The Kier molecular flexibility index (Phi) is 4.48. The number of carbonyl (C=O) groups is 1. The Labute approximate surface area is 180 Å². The predicted molar refractivity (Wildman–Crippen MR) is 118 cm³/mol. The van der Waals surface area contributed by atoms with Gasteiger partial charge in [-0.15, -0.1) is 0 Å². The first-order chi connectivity index (χ1) is 15.0. The van der Waals surface area contributed by atoms with E-state index in [1.165, 1.54) is 0 Å². The molecule has 2 unspecified atom stereocenters. The minimum atomic E-state index is -0.827. The number of fused-ring (bicyclic) bond motifs is 1. The maximum absolute atomic E-state index is 13.9. The molecule has 8 heteroatoms. The largest absolute Gasteiger partial charge is 0.497 e. The van der Waals surface area contributed by atoms with E-state index in [2.05, 4.69) is 14.9 Å². The summed E-state index contributed by atoms with van der Waals surface area (Å²) in [5.41, 5.74) is 1.53. The Morgan fingerprint density at radius 2 is 1.87 bits per heavy atom. The highest BCUT2D eigenvalue weighted by molar-refractivity contribution is 6.26. The maximum atomic E-state index is 13.9. The number of ether oxygens (including phenoxy) is 2. The van der Waals surface area contributed by atoms with E-state index < -0.39 is 11.5 Å². The van der Waals surface area contributed by atoms with Crippen molar-refractivity contribution in [3.8, 4) is 11.5 Å². The lowest BCUT2D eigenvalue weighted by atomic mass is 9.89. The highest BCUT2D eigenvalue weighted by Gasteiger charge is 2.60. The van der Waals surface area contributed by atoms with E-state index in [4.69, 9.17) is 14.9 Å². The minimum absolute atomic E-state index is 0.00249. The van der Waals surface area contributed by atoms with Crippen LogP contribution in [0.15, 0.2) is 42.5 Å². The Hall–Kier alpha value is -3.39. The van der Waals surface area contributed by atoms with Crippen LogP contribution >= 0.6 is 0 Å². The van der Waals surface area contributed by atoms with Crippen molar-refractivity contribution in [1.29, 1.82) is 5.41 Å². The van der Waals surface area contributed by atoms with Crippen LogP contribution in [0.25, 0.3) is 11.0 Å². The van der Waals surface area contributed by atoms with E-state index in [0.717, 1.165) is 17.6 Å². The number of anilines is 1. The zero-order valence-corrected chi connectivity index (χ0v) is 17.8. The predicted octanol–water partition coefficient (Wildman–Crippen LogP) is 2.80. The van der Waals surface area contributed by atoms with Crippen LogP contribution < -0.4 is 14.4 Å². The van der Waals surface area contributed by atoms with Crippen LogP contribution in [0.4, 0.5) is 5.69 Å². The number of benzene rings is 2. The lowest BCUT2D eigenvalue weighted by Gasteiger charge is -2.34. The number of H-pyrrole nitrogens is 1. The monoisotopic (exact) mass is 419 g/mol. The number of likely N-dealkylation sites (N-methyl/N-ethyl adjacent to an activating group) is 1. The molecule has 2 aliphatic heterocycles. The van der Waals surface area contributed by atoms with Gasteiger partial charge in [0.05, 0.1) is 30.9 Å². The van der Waals surface area contributed by atoms with Crippen LogP contribution in [0, 0.1) is 5.41 Å². The summed E-state index contributed by atoms with van der Waals surface area (Å²) in [6.07, 6.45) is 0.640. The van der Waals surface area contributed by atoms with Gasteiger partial charge in [-0.05, 0) is 25.6 Å². The number of likely N-dealkylation sites (tertiary alicyclic amines) is 1. The summed E-state index contributed by atoms with van der Waals surface area (Å²) < 4.78 is 10.9. The Morgan fingerprint density at radius 3 is 2.48 bits per heavy atom. The number of nitrogens with zero attached hydrogens (tertiary/aromatic N) is 3. The highest BCUT2D eigenvalue weighted by Crippen LogP contribution is 2.46. The normalized spacial score (nSPS) is 24.0. The van der Waals surface area contributed by atoms with Crippen LogP contribution in [-0.4, -0.2) is 66.4 Å². The number of aromatic nitrogens is 2. The van der Waals surface area contributed by atoms with Crippen LogP contribution in [0.1, 0.15) is 18.2 Å². The van der Waals surface area contributed by atoms with Gasteiger partial charge in [0.1, 0.15) is 34.6 Å². The van der Waals surface area contributed by atoms with Gasteiger partial charge < -0.3 is 24.3 Å². The number of para-hydroxylation sites is 2. The van der Waals surface area contributed by atoms with Gasteiger partial charge >= 0.3 is 0 Å². The van der Waals surface area contributed by atoms with Gasteiger partial charge in [0, 0.05) is 31.3 Å². The molecule has 2 aromatic carbocycles. The maximum Gasteiger partial charge on any atom is 0.178 e. The van der Waals surface area contributed by atoms with Crippen LogP contribution in [0.2, 0.25) is 0 Å². The van der Waals surface area contributed by atoms with Gasteiger partial charge in [0.25, 0.3) is 0 Å². The van der Waals surface area contributed by atoms with E-state index in [-0.39, 0.29) is 11.6 Å². The molecule has 2 atom stereocenters. The number of imidazole rings is 1. The zero-order valence-electron chi connectivity index (χ0n) is 17.8. The van der Waals surface area contributed by atoms with Gasteiger partial charge in [-0.25, -0.2) is 4.98 Å². The molecule has 2 saturated heterocycles. The van der Waals surface area contributed by atoms with Crippen molar-refractivity contribution in [2.45, 2.75) is 17.9 Å². The van der Waals surface area contributed by atoms with Crippen LogP contribution in [0.5, 0.6) is 11.5 Å². The SMILES string of the molecule is COc1cc(OC)cc(N2C(=N)C(c3nc4ccccc4[nH]3)C(=O)C23CCN(C)C3)c1. The number of Topliss-reactive ketones (excluding diaryl/α,β-unsaturated/α-hetero) is 1. The number of carbonyl (C=O) groups excluding carboxylic acids is 1.